The molecule has 1 saturated heterocycles. The minimum absolute atomic E-state index is 0.00496. The zero-order valence-corrected chi connectivity index (χ0v) is 12.4. The largest absolute Gasteiger partial charge is 0.457 e. The van der Waals surface area contributed by atoms with Gasteiger partial charge >= 0.3 is 0 Å². The third-order valence-corrected chi connectivity index (χ3v) is 3.93. The normalized spacial score (nSPS) is 16.1. The summed E-state index contributed by atoms with van der Waals surface area (Å²) in [5.74, 6) is 0.693. The second kappa shape index (κ2) is 5.65. The van der Waals surface area contributed by atoms with Crippen LogP contribution in [0.15, 0.2) is 45.7 Å². The number of ketones is 1. The second-order valence-electron chi connectivity index (χ2n) is 4.69. The molecule has 1 N–H and O–H groups in total. The van der Waals surface area contributed by atoms with Crippen molar-refractivity contribution in [1.82, 2.24) is 5.32 Å². The number of furan rings is 1. The van der Waals surface area contributed by atoms with Gasteiger partial charge in [-0.3, -0.25) is 19.7 Å². The maximum Gasteiger partial charge on any atom is 0.290 e. The molecule has 22 heavy (non-hydrogen) atoms. The topological polar surface area (TPSA) is 76.4 Å². The highest BCUT2D eigenvalue weighted by Gasteiger charge is 2.25. The molecule has 0 atom stereocenters. The summed E-state index contributed by atoms with van der Waals surface area (Å²) in [5, 5.41) is 1.80. The Morgan fingerprint density at radius 3 is 2.45 bits per heavy atom. The standard InChI is InChI=1S/C16H11NO4S/c1-9(18)10-2-4-11(5-3-10)13-7-6-12(21-13)8-14-15(19)17-16(20)22-14/h2-8H,1H3,(H,17,19,20)/b14-8-. The van der Waals surface area contributed by atoms with E-state index in [1.165, 1.54) is 13.0 Å². The molecule has 1 aromatic carbocycles. The van der Waals surface area contributed by atoms with Crippen molar-refractivity contribution in [2.45, 2.75) is 6.92 Å². The van der Waals surface area contributed by atoms with Gasteiger partial charge in [-0.05, 0) is 30.8 Å². The van der Waals surface area contributed by atoms with E-state index in [1.54, 1.807) is 36.4 Å². The zero-order valence-electron chi connectivity index (χ0n) is 11.6. The third kappa shape index (κ3) is 2.87. The zero-order chi connectivity index (χ0) is 15.7. The highest BCUT2D eigenvalue weighted by molar-refractivity contribution is 8.18. The van der Waals surface area contributed by atoms with Crippen molar-refractivity contribution < 1.29 is 18.8 Å². The van der Waals surface area contributed by atoms with Crippen LogP contribution in [0.25, 0.3) is 17.4 Å². The van der Waals surface area contributed by atoms with E-state index >= 15 is 0 Å². The summed E-state index contributed by atoms with van der Waals surface area (Å²) in [4.78, 5) is 34.1. The Morgan fingerprint density at radius 1 is 1.14 bits per heavy atom. The highest BCUT2D eigenvalue weighted by atomic mass is 32.2. The van der Waals surface area contributed by atoms with Crippen LogP contribution in [0.1, 0.15) is 23.0 Å². The molecule has 1 fully saturated rings. The molecule has 0 bridgehead atoms. The first-order chi connectivity index (χ1) is 10.5. The number of hydrogen-bond acceptors (Lipinski definition) is 5. The monoisotopic (exact) mass is 313 g/mol. The molecular formula is C16H11NO4S. The average Bonchev–Trinajstić information content (AvgIpc) is 3.06. The lowest BCUT2D eigenvalue weighted by molar-refractivity contribution is -0.115. The number of amides is 2. The van der Waals surface area contributed by atoms with Gasteiger partial charge in [-0.1, -0.05) is 24.3 Å². The van der Waals surface area contributed by atoms with E-state index in [0.29, 0.717) is 22.0 Å². The fourth-order valence-electron chi connectivity index (χ4n) is 2.01. The van der Waals surface area contributed by atoms with Crippen molar-refractivity contribution in [3.05, 3.63) is 52.6 Å². The van der Waals surface area contributed by atoms with Crippen LogP contribution in [0.2, 0.25) is 0 Å². The summed E-state index contributed by atoms with van der Waals surface area (Å²) in [6.45, 7) is 1.51. The predicted molar refractivity (Wildman–Crippen MR) is 83.3 cm³/mol. The Hall–Kier alpha value is -2.60. The SMILES string of the molecule is CC(=O)c1ccc(-c2ccc(/C=C3\SC(=O)NC3=O)o2)cc1. The molecule has 2 amide bonds. The summed E-state index contributed by atoms with van der Waals surface area (Å²) in [6.07, 6.45) is 1.53. The fourth-order valence-corrected chi connectivity index (χ4v) is 2.67. The van der Waals surface area contributed by atoms with Crippen molar-refractivity contribution in [3.63, 3.8) is 0 Å². The lowest BCUT2D eigenvalue weighted by Gasteiger charge is -1.99. The second-order valence-corrected chi connectivity index (χ2v) is 5.70. The Kier molecular flexibility index (Phi) is 3.68. The summed E-state index contributed by atoms with van der Waals surface area (Å²) in [7, 11) is 0. The van der Waals surface area contributed by atoms with Crippen molar-refractivity contribution in [2.75, 3.05) is 0 Å². The van der Waals surface area contributed by atoms with Gasteiger partial charge in [0.25, 0.3) is 11.1 Å². The lowest BCUT2D eigenvalue weighted by Crippen LogP contribution is -2.17. The number of hydrogen-bond donors (Lipinski definition) is 1. The highest BCUT2D eigenvalue weighted by Crippen LogP contribution is 2.28. The summed E-state index contributed by atoms with van der Waals surface area (Å²) >= 11 is 0.843. The van der Waals surface area contributed by atoms with E-state index in [2.05, 4.69) is 5.32 Å². The molecule has 3 rings (SSSR count). The Labute approximate surface area is 130 Å². The molecule has 2 aromatic rings. The van der Waals surface area contributed by atoms with Crippen molar-refractivity contribution >= 4 is 34.8 Å². The van der Waals surface area contributed by atoms with Crippen molar-refractivity contribution in [2.24, 2.45) is 0 Å². The molecule has 0 saturated carbocycles. The van der Waals surface area contributed by atoms with Gasteiger partial charge in [0.05, 0.1) is 4.91 Å². The lowest BCUT2D eigenvalue weighted by atomic mass is 10.1. The first-order valence-corrected chi connectivity index (χ1v) is 7.30. The molecule has 1 aliphatic heterocycles. The quantitative estimate of drug-likeness (QED) is 0.693. The molecule has 1 aromatic heterocycles. The van der Waals surface area contributed by atoms with Gasteiger partial charge in [-0.2, -0.15) is 0 Å². The molecule has 5 nitrogen and oxygen atoms in total. The molecule has 110 valence electrons. The van der Waals surface area contributed by atoms with Crippen molar-refractivity contribution in [3.8, 4) is 11.3 Å². The minimum atomic E-state index is -0.418. The number of rotatable bonds is 3. The number of benzene rings is 1. The van der Waals surface area contributed by atoms with Gasteiger partial charge in [-0.15, -0.1) is 0 Å². The van der Waals surface area contributed by atoms with E-state index in [0.717, 1.165) is 17.3 Å². The van der Waals surface area contributed by atoms with Gasteiger partial charge < -0.3 is 4.42 Å². The number of carbonyl (C=O) groups excluding carboxylic acids is 3. The van der Waals surface area contributed by atoms with E-state index in [-0.39, 0.29) is 11.0 Å². The summed E-state index contributed by atoms with van der Waals surface area (Å²) in [6, 6.07) is 10.6. The fraction of sp³-hybridized carbons (Fsp3) is 0.0625. The predicted octanol–water partition coefficient (Wildman–Crippen LogP) is 3.47. The Morgan fingerprint density at radius 2 is 1.86 bits per heavy atom. The van der Waals surface area contributed by atoms with Gasteiger partial charge in [0.1, 0.15) is 11.5 Å². The van der Waals surface area contributed by atoms with Crippen LogP contribution in [0, 0.1) is 0 Å². The summed E-state index contributed by atoms with van der Waals surface area (Å²) < 4.78 is 5.65. The molecule has 2 heterocycles. The molecule has 0 radical (unpaired) electrons. The molecule has 6 heteroatoms. The first-order valence-electron chi connectivity index (χ1n) is 6.49. The first kappa shape index (κ1) is 14.3. The van der Waals surface area contributed by atoms with Crippen LogP contribution in [0.5, 0.6) is 0 Å². The number of nitrogens with one attached hydrogen (secondary N) is 1. The molecule has 0 unspecified atom stereocenters. The molecule has 1 aliphatic rings. The van der Waals surface area contributed by atoms with E-state index < -0.39 is 5.91 Å². The summed E-state index contributed by atoms with van der Waals surface area (Å²) in [5.41, 5.74) is 1.46. The van der Waals surface area contributed by atoms with E-state index in [1.807, 2.05) is 0 Å². The average molecular weight is 313 g/mol. The number of imide groups is 1. The van der Waals surface area contributed by atoms with Gasteiger partial charge in [0, 0.05) is 17.2 Å². The smallest absolute Gasteiger partial charge is 0.290 e. The van der Waals surface area contributed by atoms with Gasteiger partial charge in [0.15, 0.2) is 5.78 Å². The van der Waals surface area contributed by atoms with Crippen LogP contribution >= 0.6 is 11.8 Å². The van der Waals surface area contributed by atoms with Crippen LogP contribution in [-0.4, -0.2) is 16.9 Å². The maximum absolute atomic E-state index is 11.5. The number of thioether (sulfide) groups is 1. The number of carbonyl (C=O) groups is 3. The third-order valence-electron chi connectivity index (χ3n) is 3.12. The van der Waals surface area contributed by atoms with Crippen LogP contribution in [0.3, 0.4) is 0 Å². The maximum atomic E-state index is 11.5. The Bertz CT molecular complexity index is 802. The van der Waals surface area contributed by atoms with E-state index in [9.17, 15) is 14.4 Å². The molecule has 0 spiro atoms. The van der Waals surface area contributed by atoms with Crippen LogP contribution in [0.4, 0.5) is 4.79 Å². The van der Waals surface area contributed by atoms with Crippen molar-refractivity contribution in [1.29, 1.82) is 0 Å². The van der Waals surface area contributed by atoms with Gasteiger partial charge in [-0.25, -0.2) is 0 Å². The van der Waals surface area contributed by atoms with Gasteiger partial charge in [0.2, 0.25) is 0 Å². The van der Waals surface area contributed by atoms with Crippen LogP contribution in [-0.2, 0) is 4.79 Å². The number of Topliss-reactive ketones (excluding diaryl/α,β-unsaturated/α-hetero) is 1. The van der Waals surface area contributed by atoms with E-state index in [4.69, 9.17) is 4.42 Å². The molecule has 0 aliphatic carbocycles. The Balaban J connectivity index is 1.85. The molecular weight excluding hydrogens is 302 g/mol. The minimum Gasteiger partial charge on any atom is -0.457 e. The van der Waals surface area contributed by atoms with Crippen LogP contribution < -0.4 is 5.32 Å².